The van der Waals surface area contributed by atoms with Crippen LogP contribution in [0, 0.1) is 11.8 Å². The lowest BCUT2D eigenvalue weighted by molar-refractivity contribution is -0.191. The molecule has 5 N–H and O–H groups in total. The molecule has 202 valence electrons. The average molecular weight is 544 g/mol. The normalized spacial score (nSPS) is 26.4. The Kier molecular flexibility index (Phi) is 7.80. The van der Waals surface area contributed by atoms with Crippen LogP contribution in [0.5, 0.6) is 0 Å². The molecule has 37 heavy (non-hydrogen) atoms. The Balaban J connectivity index is 1.43. The van der Waals surface area contributed by atoms with Crippen LogP contribution in [0.4, 0.5) is 10.2 Å². The number of fused-ring (bicyclic) bond motifs is 1. The van der Waals surface area contributed by atoms with Gasteiger partial charge in [0.15, 0.2) is 17.7 Å². The molecule has 1 saturated heterocycles. The number of rotatable bonds is 10. The number of carboxylic acids is 3. The highest BCUT2D eigenvalue weighted by Crippen LogP contribution is 2.38. The number of nitrogen functional groups attached to an aromatic ring is 1. The highest BCUT2D eigenvalue weighted by Gasteiger charge is 2.51. The van der Waals surface area contributed by atoms with Crippen molar-refractivity contribution in [3.8, 4) is 0 Å². The summed E-state index contributed by atoms with van der Waals surface area (Å²) in [6, 6.07) is 0. The van der Waals surface area contributed by atoms with E-state index < -0.39 is 48.6 Å². The van der Waals surface area contributed by atoms with E-state index in [1.54, 1.807) is 0 Å². The number of nitrogens with two attached hydrogens (primary N) is 1. The lowest BCUT2D eigenvalue weighted by atomic mass is 9.76. The molecular weight excluding hydrogens is 517 g/mol. The molecule has 15 heteroatoms. The van der Waals surface area contributed by atoms with Gasteiger partial charge in [-0.2, -0.15) is 9.97 Å². The third kappa shape index (κ3) is 5.60. The number of hydrogen-bond acceptors (Lipinski definition) is 9. The van der Waals surface area contributed by atoms with Crippen LogP contribution in [0.15, 0.2) is 6.33 Å². The van der Waals surface area contributed by atoms with Gasteiger partial charge in [-0.25, -0.2) is 19.0 Å². The van der Waals surface area contributed by atoms with Crippen molar-refractivity contribution in [2.24, 2.45) is 11.8 Å². The highest BCUT2D eigenvalue weighted by atomic mass is 35.5. The lowest BCUT2D eigenvalue weighted by Crippen LogP contribution is -2.52. The SMILES string of the molecule is Nc1nc(Cl)nc2c1ncn2[C@@H]1O[C@H](COC(CC2CCC(CC(=O)O)CC2)(C(=O)O)C(=O)O)C[C@@H]1F. The molecule has 0 bridgehead atoms. The Bertz CT molecular complexity index is 1170. The molecule has 0 radical (unpaired) electrons. The van der Waals surface area contributed by atoms with E-state index in [2.05, 4.69) is 15.0 Å². The third-order valence-electron chi connectivity index (χ3n) is 7.04. The van der Waals surface area contributed by atoms with Crippen LogP contribution in [-0.2, 0) is 23.9 Å². The fourth-order valence-electron chi connectivity index (χ4n) is 5.13. The summed E-state index contributed by atoms with van der Waals surface area (Å²) >= 11 is 5.86. The van der Waals surface area contributed by atoms with E-state index in [0.717, 1.165) is 0 Å². The van der Waals surface area contributed by atoms with Crippen molar-refractivity contribution >= 4 is 46.5 Å². The van der Waals surface area contributed by atoms with Crippen LogP contribution in [0.3, 0.4) is 0 Å². The lowest BCUT2D eigenvalue weighted by Gasteiger charge is -2.34. The van der Waals surface area contributed by atoms with E-state index in [1.165, 1.54) is 10.9 Å². The second-order valence-corrected chi connectivity index (χ2v) is 9.88. The van der Waals surface area contributed by atoms with Crippen molar-refractivity contribution in [2.75, 3.05) is 12.3 Å². The Morgan fingerprint density at radius 3 is 2.43 bits per heavy atom. The number of aromatic nitrogens is 4. The number of ether oxygens (including phenoxy) is 2. The maximum atomic E-state index is 15.0. The molecule has 1 aliphatic carbocycles. The van der Waals surface area contributed by atoms with Crippen molar-refractivity contribution in [1.29, 1.82) is 0 Å². The van der Waals surface area contributed by atoms with Gasteiger partial charge in [-0.3, -0.25) is 9.36 Å². The summed E-state index contributed by atoms with van der Waals surface area (Å²) in [5, 5.41) is 28.5. The van der Waals surface area contributed by atoms with Crippen LogP contribution in [0.25, 0.3) is 11.2 Å². The topological polar surface area (TPSA) is 200 Å². The van der Waals surface area contributed by atoms with Gasteiger partial charge in [-0.05, 0) is 36.3 Å². The van der Waals surface area contributed by atoms with Crippen molar-refractivity contribution in [3.63, 3.8) is 0 Å². The van der Waals surface area contributed by atoms with Gasteiger partial charge in [0.25, 0.3) is 5.60 Å². The van der Waals surface area contributed by atoms with E-state index in [4.69, 9.17) is 31.9 Å². The molecule has 3 heterocycles. The maximum Gasteiger partial charge on any atom is 0.347 e. The molecule has 2 aromatic heterocycles. The smallest absolute Gasteiger partial charge is 0.347 e. The third-order valence-corrected chi connectivity index (χ3v) is 7.21. The summed E-state index contributed by atoms with van der Waals surface area (Å²) in [6.45, 7) is -0.478. The zero-order chi connectivity index (χ0) is 26.9. The number of hydrogen-bond donors (Lipinski definition) is 4. The first-order valence-corrected chi connectivity index (χ1v) is 12.2. The van der Waals surface area contributed by atoms with Gasteiger partial charge in [0.1, 0.15) is 11.7 Å². The predicted octanol–water partition coefficient (Wildman–Crippen LogP) is 2.28. The predicted molar refractivity (Wildman–Crippen MR) is 124 cm³/mol. The molecule has 2 fully saturated rings. The van der Waals surface area contributed by atoms with Crippen LogP contribution in [0.1, 0.15) is 51.2 Å². The van der Waals surface area contributed by atoms with Crippen molar-refractivity contribution < 1.29 is 43.6 Å². The van der Waals surface area contributed by atoms with Gasteiger partial charge in [0.05, 0.1) is 19.0 Å². The van der Waals surface area contributed by atoms with Crippen molar-refractivity contribution in [3.05, 3.63) is 11.6 Å². The second-order valence-electron chi connectivity index (χ2n) is 9.54. The van der Waals surface area contributed by atoms with Gasteiger partial charge >= 0.3 is 17.9 Å². The highest BCUT2D eigenvalue weighted by molar-refractivity contribution is 6.28. The van der Waals surface area contributed by atoms with E-state index in [9.17, 15) is 29.0 Å². The van der Waals surface area contributed by atoms with Gasteiger partial charge in [0.2, 0.25) is 5.28 Å². The number of nitrogens with zero attached hydrogens (tertiary/aromatic N) is 4. The second kappa shape index (κ2) is 10.7. The zero-order valence-electron chi connectivity index (χ0n) is 19.6. The first-order valence-electron chi connectivity index (χ1n) is 11.8. The van der Waals surface area contributed by atoms with E-state index >= 15 is 0 Å². The van der Waals surface area contributed by atoms with Crippen LogP contribution >= 0.6 is 11.6 Å². The van der Waals surface area contributed by atoms with Gasteiger partial charge in [-0.1, -0.05) is 12.8 Å². The number of halogens is 2. The summed E-state index contributed by atoms with van der Waals surface area (Å²) in [4.78, 5) is 47.1. The summed E-state index contributed by atoms with van der Waals surface area (Å²) in [7, 11) is 0. The average Bonchev–Trinajstić information content (AvgIpc) is 3.40. The largest absolute Gasteiger partial charge is 0.481 e. The number of imidazole rings is 1. The van der Waals surface area contributed by atoms with E-state index in [0.29, 0.717) is 25.7 Å². The minimum absolute atomic E-state index is 0.00623. The number of carbonyl (C=O) groups is 3. The van der Waals surface area contributed by atoms with Crippen LogP contribution in [0.2, 0.25) is 5.28 Å². The number of carboxylic acid groups (broad SMARTS) is 3. The molecule has 2 aliphatic rings. The quantitative estimate of drug-likeness (QED) is 0.252. The summed E-state index contributed by atoms with van der Waals surface area (Å²) < 4.78 is 27.5. The number of aliphatic carboxylic acids is 3. The monoisotopic (exact) mass is 543 g/mol. The van der Waals surface area contributed by atoms with Gasteiger partial charge in [0, 0.05) is 19.3 Å². The summed E-state index contributed by atoms with van der Waals surface area (Å²) in [6.07, 6.45) is -0.815. The minimum Gasteiger partial charge on any atom is -0.481 e. The molecule has 0 aromatic carbocycles. The van der Waals surface area contributed by atoms with E-state index in [-0.39, 0.29) is 53.4 Å². The molecule has 1 aliphatic heterocycles. The first-order chi connectivity index (χ1) is 17.5. The standard InChI is InChI=1S/C22H27ClFN5O8/c23-21-27-16(25)15-17(28-21)29(9-26-15)18-13(24)6-12(37-18)8-36-22(19(32)33,20(34)35)7-11-3-1-10(2-4-11)5-14(30)31/h9-13,18H,1-8H2,(H,30,31)(H,32,33)(H,34,35)(H2,25,27,28)/t10?,11?,12-,13-,18+/m0/s1. The Morgan fingerprint density at radius 2 is 1.81 bits per heavy atom. The van der Waals surface area contributed by atoms with Gasteiger partial charge in [-0.15, -0.1) is 0 Å². The van der Waals surface area contributed by atoms with Crippen molar-refractivity contribution in [2.45, 2.75) is 69.1 Å². The first kappa shape index (κ1) is 26.9. The molecule has 0 amide bonds. The van der Waals surface area contributed by atoms with E-state index in [1.807, 2.05) is 0 Å². The Labute approximate surface area is 214 Å². The van der Waals surface area contributed by atoms with Crippen molar-refractivity contribution in [1.82, 2.24) is 19.5 Å². The molecule has 4 rings (SSSR count). The van der Waals surface area contributed by atoms with Crippen LogP contribution in [-0.4, -0.2) is 77.2 Å². The summed E-state index contributed by atoms with van der Waals surface area (Å²) in [5.74, 6) is -4.54. The number of alkyl halides is 1. The molecule has 0 spiro atoms. The Hall–Kier alpha value is -3.10. The Morgan fingerprint density at radius 1 is 1.16 bits per heavy atom. The molecule has 1 saturated carbocycles. The molecule has 3 atom stereocenters. The van der Waals surface area contributed by atoms with Gasteiger partial charge < -0.3 is 30.5 Å². The minimum atomic E-state index is -2.55. The summed E-state index contributed by atoms with van der Waals surface area (Å²) in [5.41, 5.74) is 3.59. The zero-order valence-corrected chi connectivity index (χ0v) is 20.4. The molecule has 0 unspecified atom stereocenters. The maximum absolute atomic E-state index is 15.0. The molecular formula is C22H27ClFN5O8. The molecule has 13 nitrogen and oxygen atoms in total. The van der Waals surface area contributed by atoms with Crippen LogP contribution < -0.4 is 5.73 Å². The fourth-order valence-corrected chi connectivity index (χ4v) is 5.30. The number of anilines is 1. The molecule has 2 aromatic rings. The fraction of sp³-hybridized carbons (Fsp3) is 0.636.